The van der Waals surface area contributed by atoms with Gasteiger partial charge in [-0.2, -0.15) is 5.10 Å². The lowest BCUT2D eigenvalue weighted by molar-refractivity contribution is 0.0446. The molecule has 9 nitrogen and oxygen atoms in total. The van der Waals surface area contributed by atoms with E-state index in [1.807, 2.05) is 19.1 Å². The molecule has 160 valence electrons. The second-order valence-corrected chi connectivity index (χ2v) is 8.84. The number of hydrogen-bond acceptors (Lipinski definition) is 7. The van der Waals surface area contributed by atoms with E-state index in [4.69, 9.17) is 15.2 Å². The molecule has 3 N–H and O–H groups in total. The third kappa shape index (κ3) is 2.73. The minimum Gasteiger partial charge on any atom is -0.484 e. The van der Waals surface area contributed by atoms with Crippen molar-refractivity contribution in [1.29, 1.82) is 0 Å². The summed E-state index contributed by atoms with van der Waals surface area (Å²) in [5.41, 5.74) is 9.06. The van der Waals surface area contributed by atoms with E-state index in [0.29, 0.717) is 29.9 Å². The number of anilines is 1. The van der Waals surface area contributed by atoms with Gasteiger partial charge in [-0.25, -0.2) is 9.50 Å². The molecule has 3 aliphatic heterocycles. The van der Waals surface area contributed by atoms with Gasteiger partial charge in [0.2, 0.25) is 0 Å². The van der Waals surface area contributed by atoms with Crippen molar-refractivity contribution in [2.45, 2.75) is 37.5 Å². The van der Waals surface area contributed by atoms with E-state index >= 15 is 0 Å². The average Bonchev–Trinajstić information content (AvgIpc) is 3.52. The first-order valence-corrected chi connectivity index (χ1v) is 10.4. The molecule has 0 saturated carbocycles. The Hall–Kier alpha value is -3.17. The summed E-state index contributed by atoms with van der Waals surface area (Å²) in [6, 6.07) is 6.05. The molecule has 2 bridgehead atoms. The Balaban J connectivity index is 1.58. The largest absolute Gasteiger partial charge is 0.484 e. The van der Waals surface area contributed by atoms with Crippen molar-refractivity contribution in [2.24, 2.45) is 5.73 Å². The fourth-order valence-electron chi connectivity index (χ4n) is 5.06. The summed E-state index contributed by atoms with van der Waals surface area (Å²) in [7, 11) is 0. The maximum absolute atomic E-state index is 12.5. The second kappa shape index (κ2) is 6.41. The molecule has 3 aromatic rings. The normalized spacial score (nSPS) is 26.5. The molecule has 3 atom stereocenters. The van der Waals surface area contributed by atoms with Crippen LogP contribution in [0.25, 0.3) is 16.9 Å². The molecular formula is C22H23N5O4. The number of benzene rings is 1. The number of nitrogens with zero attached hydrogens (tertiary/aromatic N) is 4. The summed E-state index contributed by atoms with van der Waals surface area (Å²) in [6.45, 7) is 3.25. The molecule has 2 aromatic heterocycles. The number of morpholine rings is 1. The molecule has 6 rings (SSSR count). The van der Waals surface area contributed by atoms with Crippen molar-refractivity contribution in [3.63, 3.8) is 0 Å². The van der Waals surface area contributed by atoms with E-state index in [9.17, 15) is 9.90 Å². The summed E-state index contributed by atoms with van der Waals surface area (Å²) in [5.74, 6) is 0.180. The fraction of sp³-hybridized carbons (Fsp3) is 0.409. The number of nitrogens with two attached hydrogens (primary N) is 1. The molecule has 1 amide bonds. The van der Waals surface area contributed by atoms with Crippen LogP contribution in [0, 0.1) is 0 Å². The van der Waals surface area contributed by atoms with Crippen LogP contribution in [0.3, 0.4) is 0 Å². The number of aromatic nitrogens is 3. The molecule has 0 aliphatic carbocycles. The summed E-state index contributed by atoms with van der Waals surface area (Å²) < 4.78 is 13.5. The van der Waals surface area contributed by atoms with Crippen LogP contribution in [0.4, 0.5) is 5.69 Å². The Morgan fingerprint density at radius 1 is 1.42 bits per heavy atom. The van der Waals surface area contributed by atoms with Gasteiger partial charge in [-0.05, 0) is 31.0 Å². The quantitative estimate of drug-likeness (QED) is 0.649. The maximum Gasteiger partial charge on any atom is 0.254 e. The number of fused-ring (bicyclic) bond motifs is 4. The lowest BCUT2D eigenvalue weighted by atomic mass is 9.96. The fourth-order valence-corrected chi connectivity index (χ4v) is 5.06. The topological polar surface area (TPSA) is 115 Å². The van der Waals surface area contributed by atoms with Crippen LogP contribution >= 0.6 is 0 Å². The zero-order chi connectivity index (χ0) is 21.3. The predicted octanol–water partition coefficient (Wildman–Crippen LogP) is 1.16. The van der Waals surface area contributed by atoms with Gasteiger partial charge in [-0.1, -0.05) is 0 Å². The van der Waals surface area contributed by atoms with Crippen LogP contribution < -0.4 is 15.4 Å². The monoisotopic (exact) mass is 421 g/mol. The highest BCUT2D eigenvalue weighted by Gasteiger charge is 2.42. The van der Waals surface area contributed by atoms with Crippen molar-refractivity contribution < 1.29 is 19.4 Å². The van der Waals surface area contributed by atoms with Crippen LogP contribution in [-0.2, 0) is 11.2 Å². The highest BCUT2D eigenvalue weighted by molar-refractivity contribution is 6.06. The van der Waals surface area contributed by atoms with Crippen molar-refractivity contribution in [2.75, 3.05) is 24.7 Å². The van der Waals surface area contributed by atoms with Crippen LogP contribution in [-0.4, -0.2) is 63.1 Å². The van der Waals surface area contributed by atoms with Crippen LogP contribution in [0.5, 0.6) is 5.75 Å². The van der Waals surface area contributed by atoms with Gasteiger partial charge >= 0.3 is 0 Å². The van der Waals surface area contributed by atoms with E-state index in [0.717, 1.165) is 35.5 Å². The van der Waals surface area contributed by atoms with E-state index in [-0.39, 0.29) is 18.8 Å². The summed E-state index contributed by atoms with van der Waals surface area (Å²) in [5, 5.41) is 14.5. The number of aliphatic hydroxyl groups excluding tert-OH is 1. The third-order valence-electron chi connectivity index (χ3n) is 6.54. The van der Waals surface area contributed by atoms with Gasteiger partial charge in [0, 0.05) is 37.0 Å². The number of aliphatic hydroxyl groups is 1. The van der Waals surface area contributed by atoms with Crippen molar-refractivity contribution in [3.05, 3.63) is 41.7 Å². The Kier molecular flexibility index (Phi) is 3.85. The lowest BCUT2D eigenvalue weighted by Gasteiger charge is -2.31. The van der Waals surface area contributed by atoms with Crippen LogP contribution in [0.2, 0.25) is 0 Å². The first-order chi connectivity index (χ1) is 15.0. The third-order valence-corrected chi connectivity index (χ3v) is 6.54. The lowest BCUT2D eigenvalue weighted by Crippen LogP contribution is -2.37. The first kappa shape index (κ1) is 18.6. The van der Waals surface area contributed by atoms with Crippen LogP contribution in [0.1, 0.15) is 29.3 Å². The smallest absolute Gasteiger partial charge is 0.254 e. The molecule has 31 heavy (non-hydrogen) atoms. The Morgan fingerprint density at radius 2 is 2.29 bits per heavy atom. The predicted molar refractivity (Wildman–Crippen MR) is 112 cm³/mol. The van der Waals surface area contributed by atoms with Crippen LogP contribution in [0.15, 0.2) is 30.6 Å². The molecule has 0 radical (unpaired) electrons. The van der Waals surface area contributed by atoms with Gasteiger partial charge in [0.05, 0.1) is 31.0 Å². The van der Waals surface area contributed by atoms with E-state index in [1.165, 1.54) is 0 Å². The SMILES string of the molecule is C[C@@]1(CO)Cc2cc(-c3nn4cccnc4c3C(N)=O)c(N3C[C@@H]4C[C@H]3CO4)cc2O1. The molecule has 0 spiro atoms. The number of primary amides is 1. The average molecular weight is 421 g/mol. The summed E-state index contributed by atoms with van der Waals surface area (Å²) in [4.78, 5) is 19.1. The molecule has 1 aromatic carbocycles. The van der Waals surface area contributed by atoms with E-state index in [2.05, 4.69) is 15.0 Å². The second-order valence-electron chi connectivity index (χ2n) is 8.84. The van der Waals surface area contributed by atoms with Gasteiger partial charge < -0.3 is 25.2 Å². The van der Waals surface area contributed by atoms with Gasteiger partial charge in [0.15, 0.2) is 5.65 Å². The molecule has 5 heterocycles. The van der Waals surface area contributed by atoms with Crippen molar-refractivity contribution >= 4 is 17.2 Å². The number of carbonyl (C=O) groups excluding carboxylic acids is 1. The highest BCUT2D eigenvalue weighted by atomic mass is 16.5. The van der Waals surface area contributed by atoms with E-state index in [1.54, 1.807) is 23.0 Å². The van der Waals surface area contributed by atoms with Gasteiger partial charge in [0.1, 0.15) is 22.6 Å². The number of rotatable bonds is 4. The van der Waals surface area contributed by atoms with Gasteiger partial charge in [-0.15, -0.1) is 0 Å². The molecule has 2 saturated heterocycles. The van der Waals surface area contributed by atoms with E-state index < -0.39 is 11.5 Å². The molecular weight excluding hydrogens is 398 g/mol. The number of hydrogen-bond donors (Lipinski definition) is 2. The van der Waals surface area contributed by atoms with Gasteiger partial charge in [0.25, 0.3) is 5.91 Å². The highest BCUT2D eigenvalue weighted by Crippen LogP contribution is 2.46. The summed E-state index contributed by atoms with van der Waals surface area (Å²) in [6.07, 6.45) is 5.12. The zero-order valence-corrected chi connectivity index (χ0v) is 17.1. The zero-order valence-electron chi connectivity index (χ0n) is 17.1. The van der Waals surface area contributed by atoms with Gasteiger partial charge in [-0.3, -0.25) is 4.79 Å². The molecule has 3 aliphatic rings. The molecule has 9 heteroatoms. The Labute approximate surface area is 178 Å². The molecule has 0 unspecified atom stereocenters. The summed E-state index contributed by atoms with van der Waals surface area (Å²) >= 11 is 0. The Bertz CT molecular complexity index is 1220. The minimum atomic E-state index is -0.668. The number of carbonyl (C=O) groups is 1. The number of ether oxygens (including phenoxy) is 2. The van der Waals surface area contributed by atoms with Crippen molar-refractivity contribution in [3.8, 4) is 17.0 Å². The Morgan fingerprint density at radius 3 is 3.00 bits per heavy atom. The maximum atomic E-state index is 12.5. The first-order valence-electron chi connectivity index (χ1n) is 10.4. The van der Waals surface area contributed by atoms with Crippen molar-refractivity contribution in [1.82, 2.24) is 14.6 Å². The number of amides is 1. The standard InChI is InChI=1S/C22H23N5O4/c1-22(11-28)8-12-5-15(19-18(20(23)29)21-24-3-2-4-27(21)25-19)16(7-17(12)31-22)26-9-14-6-13(26)10-30-14/h2-5,7,13-14,28H,6,8-11H2,1H3,(H2,23,29)/t13-,14-,22-/m0/s1. The minimum absolute atomic E-state index is 0.0839. The molecule has 2 fully saturated rings.